The second-order valence-electron chi connectivity index (χ2n) is 6.03. The van der Waals surface area contributed by atoms with Crippen LogP contribution in [0.4, 0.5) is 10.5 Å². The van der Waals surface area contributed by atoms with Crippen LogP contribution in [0, 0.1) is 0 Å². The zero-order valence-corrected chi connectivity index (χ0v) is 14.6. The van der Waals surface area contributed by atoms with Gasteiger partial charge in [0.2, 0.25) is 5.96 Å². The van der Waals surface area contributed by atoms with Crippen molar-refractivity contribution in [1.29, 1.82) is 0 Å². The highest BCUT2D eigenvalue weighted by Crippen LogP contribution is 2.31. The molecule has 1 aliphatic heterocycles. The SMILES string of the molecule is CCCN1Cc2cc(Oc3cccc(CN)c3)ccc2N=C1NC(=O)O. The van der Waals surface area contributed by atoms with Gasteiger partial charge in [0.25, 0.3) is 0 Å². The molecular formula is C19H22N4O3. The molecule has 3 rings (SSSR count). The van der Waals surface area contributed by atoms with Crippen molar-refractivity contribution in [3.63, 3.8) is 0 Å². The van der Waals surface area contributed by atoms with Crippen molar-refractivity contribution in [2.75, 3.05) is 6.54 Å². The van der Waals surface area contributed by atoms with Gasteiger partial charge in [-0.15, -0.1) is 0 Å². The first-order chi connectivity index (χ1) is 12.6. The number of aliphatic imine (C=N–C) groups is 1. The van der Waals surface area contributed by atoms with Gasteiger partial charge in [-0.2, -0.15) is 0 Å². The number of benzene rings is 2. The van der Waals surface area contributed by atoms with E-state index in [1.165, 1.54) is 0 Å². The molecule has 0 saturated heterocycles. The summed E-state index contributed by atoms with van der Waals surface area (Å²) in [6.45, 7) is 3.78. The molecule has 0 saturated carbocycles. The number of ether oxygens (including phenoxy) is 1. The van der Waals surface area contributed by atoms with Crippen molar-refractivity contribution < 1.29 is 14.6 Å². The molecule has 7 nitrogen and oxygen atoms in total. The van der Waals surface area contributed by atoms with E-state index in [-0.39, 0.29) is 0 Å². The van der Waals surface area contributed by atoms with Gasteiger partial charge in [0.15, 0.2) is 0 Å². The number of carboxylic acid groups (broad SMARTS) is 1. The highest BCUT2D eigenvalue weighted by Gasteiger charge is 2.21. The Kier molecular flexibility index (Phi) is 5.38. The number of hydrogen-bond acceptors (Lipinski definition) is 5. The minimum atomic E-state index is -1.12. The van der Waals surface area contributed by atoms with Crippen molar-refractivity contribution in [2.24, 2.45) is 10.7 Å². The molecule has 0 fully saturated rings. The molecule has 1 aliphatic rings. The van der Waals surface area contributed by atoms with Crippen molar-refractivity contribution in [2.45, 2.75) is 26.4 Å². The number of fused-ring (bicyclic) bond motifs is 1. The molecule has 0 atom stereocenters. The summed E-state index contributed by atoms with van der Waals surface area (Å²) in [6, 6.07) is 13.3. The average Bonchev–Trinajstić information content (AvgIpc) is 2.62. The number of rotatable bonds is 5. The van der Waals surface area contributed by atoms with Crippen molar-refractivity contribution >= 4 is 17.7 Å². The van der Waals surface area contributed by atoms with E-state index in [9.17, 15) is 4.79 Å². The normalized spacial score (nSPS) is 13.0. The maximum atomic E-state index is 11.0. The highest BCUT2D eigenvalue weighted by molar-refractivity contribution is 5.95. The third-order valence-electron chi connectivity index (χ3n) is 4.02. The van der Waals surface area contributed by atoms with Crippen LogP contribution in [-0.2, 0) is 13.1 Å². The standard InChI is InChI=1S/C19H22N4O3/c1-2-8-23-12-14-10-16(26-15-5-3-4-13(9-15)11-20)6-7-17(14)21-18(23)22-19(24)25/h3-7,9-10H,2,8,11-12,20H2,1H3,(H,21,22)(H,24,25). The molecule has 0 aromatic heterocycles. The van der Waals surface area contributed by atoms with Gasteiger partial charge in [0.1, 0.15) is 11.5 Å². The molecule has 2 aromatic rings. The van der Waals surface area contributed by atoms with Gasteiger partial charge in [-0.1, -0.05) is 19.1 Å². The van der Waals surface area contributed by atoms with E-state index in [1.54, 1.807) is 0 Å². The van der Waals surface area contributed by atoms with E-state index in [2.05, 4.69) is 10.3 Å². The Morgan fingerprint density at radius 1 is 1.31 bits per heavy atom. The lowest BCUT2D eigenvalue weighted by atomic mass is 10.1. The molecular weight excluding hydrogens is 332 g/mol. The Morgan fingerprint density at radius 2 is 2.12 bits per heavy atom. The molecule has 0 bridgehead atoms. The summed E-state index contributed by atoms with van der Waals surface area (Å²) in [7, 11) is 0. The summed E-state index contributed by atoms with van der Waals surface area (Å²) in [5.74, 6) is 1.79. The molecule has 7 heteroatoms. The highest BCUT2D eigenvalue weighted by atomic mass is 16.5. The molecule has 4 N–H and O–H groups in total. The number of amides is 1. The summed E-state index contributed by atoms with van der Waals surface area (Å²) in [4.78, 5) is 17.3. The third-order valence-corrected chi connectivity index (χ3v) is 4.02. The Balaban J connectivity index is 1.85. The fraction of sp³-hybridized carbons (Fsp3) is 0.263. The monoisotopic (exact) mass is 354 g/mol. The average molecular weight is 354 g/mol. The predicted octanol–water partition coefficient (Wildman–Crippen LogP) is 3.42. The molecule has 2 aromatic carbocycles. The third kappa shape index (κ3) is 4.12. The van der Waals surface area contributed by atoms with Crippen LogP contribution in [0.25, 0.3) is 0 Å². The summed E-state index contributed by atoms with van der Waals surface area (Å²) in [6.07, 6.45) is -0.231. The van der Waals surface area contributed by atoms with Crippen LogP contribution >= 0.6 is 0 Å². The van der Waals surface area contributed by atoms with Gasteiger partial charge in [-0.05, 0) is 42.3 Å². The van der Waals surface area contributed by atoms with E-state index in [1.807, 2.05) is 54.3 Å². The number of nitrogens with one attached hydrogen (secondary N) is 1. The molecule has 26 heavy (non-hydrogen) atoms. The number of guanidine groups is 1. The lowest BCUT2D eigenvalue weighted by Crippen LogP contribution is -2.44. The molecule has 1 amide bonds. The van der Waals surface area contributed by atoms with Gasteiger partial charge in [0.05, 0.1) is 5.69 Å². The topological polar surface area (TPSA) is 100 Å². The molecule has 0 aliphatic carbocycles. The zero-order chi connectivity index (χ0) is 18.5. The van der Waals surface area contributed by atoms with Gasteiger partial charge >= 0.3 is 6.09 Å². The Bertz CT molecular complexity index is 835. The Labute approximate surface area is 152 Å². The smallest absolute Gasteiger partial charge is 0.411 e. The molecule has 0 radical (unpaired) electrons. The quantitative estimate of drug-likeness (QED) is 0.764. The van der Waals surface area contributed by atoms with Crippen LogP contribution in [0.2, 0.25) is 0 Å². The second-order valence-corrected chi connectivity index (χ2v) is 6.03. The lowest BCUT2D eigenvalue weighted by Gasteiger charge is -2.29. The van der Waals surface area contributed by atoms with E-state index < -0.39 is 6.09 Å². The van der Waals surface area contributed by atoms with E-state index in [0.29, 0.717) is 31.3 Å². The zero-order valence-electron chi connectivity index (χ0n) is 14.6. The Hall–Kier alpha value is -3.06. The first-order valence-corrected chi connectivity index (χ1v) is 8.52. The largest absolute Gasteiger partial charge is 0.465 e. The maximum Gasteiger partial charge on any atom is 0.411 e. The number of carbonyl (C=O) groups is 1. The summed E-state index contributed by atoms with van der Waals surface area (Å²) in [5, 5.41) is 11.4. The first-order valence-electron chi connectivity index (χ1n) is 8.52. The van der Waals surface area contributed by atoms with Gasteiger partial charge in [0, 0.05) is 25.2 Å². The molecule has 1 heterocycles. The van der Waals surface area contributed by atoms with Gasteiger partial charge in [-0.3, -0.25) is 5.32 Å². The molecule has 0 spiro atoms. The van der Waals surface area contributed by atoms with E-state index >= 15 is 0 Å². The minimum absolute atomic E-state index is 0.358. The minimum Gasteiger partial charge on any atom is -0.465 e. The van der Waals surface area contributed by atoms with Crippen LogP contribution in [0.5, 0.6) is 11.5 Å². The van der Waals surface area contributed by atoms with Gasteiger partial charge < -0.3 is 20.5 Å². The van der Waals surface area contributed by atoms with Crippen LogP contribution in [0.15, 0.2) is 47.5 Å². The lowest BCUT2D eigenvalue weighted by molar-refractivity contribution is 0.198. The van der Waals surface area contributed by atoms with Crippen LogP contribution < -0.4 is 15.8 Å². The van der Waals surface area contributed by atoms with Crippen molar-refractivity contribution in [1.82, 2.24) is 10.2 Å². The van der Waals surface area contributed by atoms with Crippen LogP contribution in [0.1, 0.15) is 24.5 Å². The summed E-state index contributed by atoms with van der Waals surface area (Å²) >= 11 is 0. The number of nitrogens with zero attached hydrogens (tertiary/aromatic N) is 2. The maximum absolute atomic E-state index is 11.0. The fourth-order valence-corrected chi connectivity index (χ4v) is 2.86. The second kappa shape index (κ2) is 7.88. The fourth-order valence-electron chi connectivity index (χ4n) is 2.86. The Morgan fingerprint density at radius 3 is 2.85 bits per heavy atom. The number of hydrogen-bond donors (Lipinski definition) is 3. The van der Waals surface area contributed by atoms with Gasteiger partial charge in [-0.25, -0.2) is 9.79 Å². The summed E-state index contributed by atoms with van der Waals surface area (Å²) in [5.41, 5.74) is 8.40. The first kappa shape index (κ1) is 17.8. The molecule has 0 unspecified atom stereocenters. The van der Waals surface area contributed by atoms with Crippen molar-refractivity contribution in [3.8, 4) is 11.5 Å². The van der Waals surface area contributed by atoms with Crippen LogP contribution in [-0.4, -0.2) is 28.6 Å². The van der Waals surface area contributed by atoms with Crippen LogP contribution in [0.3, 0.4) is 0 Å². The number of nitrogens with two attached hydrogens (primary N) is 1. The predicted molar refractivity (Wildman–Crippen MR) is 99.8 cm³/mol. The molecule has 136 valence electrons. The van der Waals surface area contributed by atoms with E-state index in [4.69, 9.17) is 15.6 Å². The van der Waals surface area contributed by atoms with E-state index in [0.717, 1.165) is 29.0 Å². The summed E-state index contributed by atoms with van der Waals surface area (Å²) < 4.78 is 5.94. The van der Waals surface area contributed by atoms with Crippen molar-refractivity contribution in [3.05, 3.63) is 53.6 Å².